The molecule has 4 heterocycles. The van der Waals surface area contributed by atoms with Gasteiger partial charge in [-0.05, 0) is 31.5 Å². The smallest absolute Gasteiger partial charge is 0.206 e. The number of ether oxygens (including phenoxy) is 1. The summed E-state index contributed by atoms with van der Waals surface area (Å²) in [6.45, 7) is 4.01. The standard InChI is InChI=1S/C20H21N5O3/c1-12-6-16(14-7-15(28-3)9-21-8-14)22-17-11-25(20(27)19(12)17)18-4-5-24(23-18)10-13(2)26/h4-9,11,13,26-27H,10H2,1-3H3/t13-/m0/s1. The number of aliphatic hydroxyl groups excluding tert-OH is 1. The second-order valence-corrected chi connectivity index (χ2v) is 6.77. The van der Waals surface area contributed by atoms with Crippen LogP contribution in [0.5, 0.6) is 11.6 Å². The Balaban J connectivity index is 1.80. The largest absolute Gasteiger partial charge is 0.495 e. The number of pyridine rings is 2. The summed E-state index contributed by atoms with van der Waals surface area (Å²) in [4.78, 5) is 8.88. The molecule has 4 aromatic heterocycles. The van der Waals surface area contributed by atoms with Crippen molar-refractivity contribution < 1.29 is 14.9 Å². The van der Waals surface area contributed by atoms with Gasteiger partial charge in [-0.2, -0.15) is 5.10 Å². The van der Waals surface area contributed by atoms with Gasteiger partial charge < -0.3 is 14.9 Å². The molecule has 144 valence electrons. The molecule has 0 aromatic carbocycles. The molecule has 28 heavy (non-hydrogen) atoms. The second-order valence-electron chi connectivity index (χ2n) is 6.77. The maximum absolute atomic E-state index is 10.8. The number of aromatic nitrogens is 5. The van der Waals surface area contributed by atoms with Gasteiger partial charge in [0.2, 0.25) is 5.88 Å². The van der Waals surface area contributed by atoms with Gasteiger partial charge in [-0.25, -0.2) is 4.98 Å². The summed E-state index contributed by atoms with van der Waals surface area (Å²) in [5, 5.41) is 25.4. The number of methoxy groups -OCH3 is 1. The number of aromatic hydroxyl groups is 1. The molecule has 1 atom stereocenters. The van der Waals surface area contributed by atoms with E-state index in [0.717, 1.165) is 16.8 Å². The maximum Gasteiger partial charge on any atom is 0.206 e. The topological polar surface area (TPSA) is 98.2 Å². The third kappa shape index (κ3) is 3.18. The molecule has 0 saturated heterocycles. The Hall–Kier alpha value is -3.39. The van der Waals surface area contributed by atoms with Crippen LogP contribution in [-0.2, 0) is 6.54 Å². The fraction of sp³-hybridized carbons (Fsp3) is 0.250. The summed E-state index contributed by atoms with van der Waals surface area (Å²) in [6.07, 6.45) is 6.38. The van der Waals surface area contributed by atoms with Crippen molar-refractivity contribution in [2.24, 2.45) is 0 Å². The lowest BCUT2D eigenvalue weighted by Gasteiger charge is -2.06. The lowest BCUT2D eigenvalue weighted by Crippen LogP contribution is -2.12. The van der Waals surface area contributed by atoms with Gasteiger partial charge in [-0.3, -0.25) is 14.2 Å². The van der Waals surface area contributed by atoms with E-state index >= 15 is 0 Å². The molecule has 0 aliphatic carbocycles. The molecule has 2 N–H and O–H groups in total. The van der Waals surface area contributed by atoms with Crippen molar-refractivity contribution in [2.45, 2.75) is 26.5 Å². The molecule has 0 aliphatic heterocycles. The van der Waals surface area contributed by atoms with Crippen LogP contribution in [-0.4, -0.2) is 47.7 Å². The van der Waals surface area contributed by atoms with E-state index in [0.29, 0.717) is 29.0 Å². The first kappa shape index (κ1) is 18.0. The van der Waals surface area contributed by atoms with Crippen LogP contribution < -0.4 is 4.74 Å². The number of fused-ring (bicyclic) bond motifs is 1. The SMILES string of the molecule is COc1cncc(-c2cc(C)c3c(O)n(-c4ccn(C[C@H](C)O)n4)cc3n2)c1. The van der Waals surface area contributed by atoms with Crippen molar-refractivity contribution in [1.29, 1.82) is 0 Å². The second kappa shape index (κ2) is 6.97. The molecular formula is C20H21N5O3. The highest BCUT2D eigenvalue weighted by Gasteiger charge is 2.17. The summed E-state index contributed by atoms with van der Waals surface area (Å²) in [7, 11) is 1.59. The summed E-state index contributed by atoms with van der Waals surface area (Å²) in [6, 6.07) is 5.56. The van der Waals surface area contributed by atoms with Gasteiger partial charge >= 0.3 is 0 Å². The monoisotopic (exact) mass is 379 g/mol. The summed E-state index contributed by atoms with van der Waals surface area (Å²) in [5.41, 5.74) is 3.12. The Morgan fingerprint density at radius 1 is 1.25 bits per heavy atom. The number of hydrogen-bond donors (Lipinski definition) is 2. The Bertz CT molecular complexity index is 1150. The Morgan fingerprint density at radius 3 is 2.82 bits per heavy atom. The van der Waals surface area contributed by atoms with Crippen molar-refractivity contribution in [3.63, 3.8) is 0 Å². The zero-order valence-electron chi connectivity index (χ0n) is 15.9. The zero-order chi connectivity index (χ0) is 19.8. The Morgan fingerprint density at radius 2 is 2.07 bits per heavy atom. The highest BCUT2D eigenvalue weighted by molar-refractivity contribution is 5.90. The first-order chi connectivity index (χ1) is 13.5. The zero-order valence-corrected chi connectivity index (χ0v) is 15.9. The summed E-state index contributed by atoms with van der Waals surface area (Å²) >= 11 is 0. The lowest BCUT2D eigenvalue weighted by molar-refractivity contribution is 0.168. The highest BCUT2D eigenvalue weighted by atomic mass is 16.5. The molecule has 0 bridgehead atoms. The van der Waals surface area contributed by atoms with Gasteiger partial charge in [-0.1, -0.05) is 0 Å². The van der Waals surface area contributed by atoms with Crippen LogP contribution in [0.15, 0.2) is 43.0 Å². The molecule has 0 fully saturated rings. The van der Waals surface area contributed by atoms with Crippen LogP contribution in [0.3, 0.4) is 0 Å². The minimum atomic E-state index is -0.506. The third-order valence-corrected chi connectivity index (χ3v) is 4.52. The van der Waals surface area contributed by atoms with Crippen molar-refractivity contribution >= 4 is 10.9 Å². The summed E-state index contributed by atoms with van der Waals surface area (Å²) < 4.78 is 8.47. The first-order valence-electron chi connectivity index (χ1n) is 8.89. The fourth-order valence-electron chi connectivity index (χ4n) is 3.23. The van der Waals surface area contributed by atoms with Crippen molar-refractivity contribution in [3.8, 4) is 28.7 Å². The molecule has 0 spiro atoms. The number of nitrogens with zero attached hydrogens (tertiary/aromatic N) is 5. The minimum Gasteiger partial charge on any atom is -0.495 e. The van der Waals surface area contributed by atoms with E-state index in [1.807, 2.05) is 19.1 Å². The quantitative estimate of drug-likeness (QED) is 0.553. The molecular weight excluding hydrogens is 358 g/mol. The molecule has 0 aliphatic rings. The molecule has 4 rings (SSSR count). The molecule has 0 saturated carbocycles. The van der Waals surface area contributed by atoms with Crippen LogP contribution >= 0.6 is 0 Å². The van der Waals surface area contributed by atoms with Crippen LogP contribution in [0.1, 0.15) is 12.5 Å². The molecule has 0 amide bonds. The van der Waals surface area contributed by atoms with Crippen LogP contribution in [0.4, 0.5) is 0 Å². The van der Waals surface area contributed by atoms with Gasteiger partial charge in [0, 0.05) is 30.2 Å². The highest BCUT2D eigenvalue weighted by Crippen LogP contribution is 2.34. The van der Waals surface area contributed by atoms with E-state index in [2.05, 4.69) is 10.1 Å². The number of rotatable bonds is 5. The van der Waals surface area contributed by atoms with Crippen LogP contribution in [0, 0.1) is 6.92 Å². The van der Waals surface area contributed by atoms with E-state index in [-0.39, 0.29) is 5.88 Å². The Labute approximate surface area is 161 Å². The van der Waals surface area contributed by atoms with Gasteiger partial charge in [0.05, 0.1) is 42.6 Å². The number of aryl methyl sites for hydroxylation is 1. The molecule has 8 nitrogen and oxygen atoms in total. The van der Waals surface area contributed by atoms with Gasteiger partial charge in [-0.15, -0.1) is 0 Å². The first-order valence-corrected chi connectivity index (χ1v) is 8.89. The normalized spacial score (nSPS) is 12.4. The predicted octanol–water partition coefficient (Wildman–Crippen LogP) is 2.69. The van der Waals surface area contributed by atoms with Gasteiger partial charge in [0.25, 0.3) is 0 Å². The Kier molecular flexibility index (Phi) is 4.48. The maximum atomic E-state index is 10.8. The van der Waals surface area contributed by atoms with E-state index in [1.54, 1.807) is 54.1 Å². The molecule has 4 aromatic rings. The van der Waals surface area contributed by atoms with Crippen LogP contribution in [0.25, 0.3) is 28.0 Å². The van der Waals surface area contributed by atoms with Crippen molar-refractivity contribution in [2.75, 3.05) is 7.11 Å². The van der Waals surface area contributed by atoms with E-state index < -0.39 is 6.10 Å². The molecule has 8 heteroatoms. The summed E-state index contributed by atoms with van der Waals surface area (Å²) in [5.74, 6) is 1.29. The average molecular weight is 379 g/mol. The van der Waals surface area contributed by atoms with E-state index in [9.17, 15) is 10.2 Å². The number of hydrogen-bond acceptors (Lipinski definition) is 6. The van der Waals surface area contributed by atoms with Crippen LogP contribution in [0.2, 0.25) is 0 Å². The third-order valence-electron chi connectivity index (χ3n) is 4.52. The molecule has 0 radical (unpaired) electrons. The lowest BCUT2D eigenvalue weighted by atomic mass is 10.1. The van der Waals surface area contributed by atoms with E-state index in [4.69, 9.17) is 9.72 Å². The van der Waals surface area contributed by atoms with Gasteiger partial charge in [0.15, 0.2) is 5.82 Å². The van der Waals surface area contributed by atoms with Crippen molar-refractivity contribution in [3.05, 3.63) is 48.5 Å². The molecule has 0 unspecified atom stereocenters. The van der Waals surface area contributed by atoms with E-state index in [1.165, 1.54) is 0 Å². The average Bonchev–Trinajstić information content (AvgIpc) is 3.25. The fourth-order valence-corrected chi connectivity index (χ4v) is 3.23. The minimum absolute atomic E-state index is 0.0811. The number of aliphatic hydroxyl groups is 1. The van der Waals surface area contributed by atoms with Gasteiger partial charge in [0.1, 0.15) is 5.75 Å². The predicted molar refractivity (Wildman–Crippen MR) is 105 cm³/mol. The van der Waals surface area contributed by atoms with Crippen molar-refractivity contribution in [1.82, 2.24) is 24.3 Å².